The van der Waals surface area contributed by atoms with Crippen LogP contribution in [-0.4, -0.2) is 5.11 Å². The van der Waals surface area contributed by atoms with Crippen molar-refractivity contribution in [2.24, 2.45) is 0 Å². The van der Waals surface area contributed by atoms with Crippen molar-refractivity contribution in [3.05, 3.63) is 28.0 Å². The van der Waals surface area contributed by atoms with Crippen molar-refractivity contribution in [2.45, 2.75) is 26.2 Å². The number of hydrogen-bond acceptors (Lipinski definition) is 2. The summed E-state index contributed by atoms with van der Waals surface area (Å²) >= 11 is 5.73. The molecule has 15 heavy (non-hydrogen) atoms. The lowest BCUT2D eigenvalue weighted by Gasteiger charge is -2.20. The predicted octanol–water partition coefficient (Wildman–Crippen LogP) is 3.29. The molecule has 0 aliphatic carbocycles. The fourth-order valence-electron chi connectivity index (χ4n) is 1.37. The van der Waals surface area contributed by atoms with E-state index >= 15 is 0 Å². The number of phenolic OH excluding ortho intramolecular Hbond substituents is 1. The Morgan fingerprint density at radius 1 is 1.53 bits per heavy atom. The molecule has 0 saturated carbocycles. The zero-order chi connectivity index (χ0) is 11.8. The third-order valence-electron chi connectivity index (χ3n) is 2.28. The van der Waals surface area contributed by atoms with E-state index in [4.69, 9.17) is 16.9 Å². The van der Waals surface area contributed by atoms with E-state index in [0.29, 0.717) is 5.56 Å². The van der Waals surface area contributed by atoms with E-state index in [9.17, 15) is 9.50 Å². The van der Waals surface area contributed by atoms with Crippen LogP contribution in [0.5, 0.6) is 5.75 Å². The molecule has 1 N–H and O–H groups in total. The largest absolute Gasteiger partial charge is 0.506 e. The first kappa shape index (κ1) is 11.8. The van der Waals surface area contributed by atoms with Crippen LogP contribution in [-0.2, 0) is 5.41 Å². The van der Waals surface area contributed by atoms with Crippen LogP contribution in [0.1, 0.15) is 25.0 Å². The molecule has 0 saturated heterocycles. The van der Waals surface area contributed by atoms with Crippen molar-refractivity contribution in [1.82, 2.24) is 0 Å². The van der Waals surface area contributed by atoms with Crippen molar-refractivity contribution >= 4 is 11.6 Å². The van der Waals surface area contributed by atoms with Crippen molar-refractivity contribution in [1.29, 1.82) is 5.26 Å². The number of hydrogen-bond donors (Lipinski definition) is 1. The summed E-state index contributed by atoms with van der Waals surface area (Å²) in [4.78, 5) is 0. The van der Waals surface area contributed by atoms with Gasteiger partial charge in [0.15, 0.2) is 0 Å². The van der Waals surface area contributed by atoms with Gasteiger partial charge in [-0.05, 0) is 32.4 Å². The number of benzene rings is 1. The second-order valence-electron chi connectivity index (χ2n) is 3.95. The molecule has 0 aromatic heterocycles. The molecular weight excluding hydrogens is 217 g/mol. The van der Waals surface area contributed by atoms with Crippen LogP contribution < -0.4 is 0 Å². The van der Waals surface area contributed by atoms with E-state index in [-0.39, 0.29) is 16.3 Å². The van der Waals surface area contributed by atoms with E-state index in [1.807, 2.05) is 6.07 Å². The minimum absolute atomic E-state index is 0.0463. The smallest absolute Gasteiger partial charge is 0.141 e. The molecule has 0 aliphatic heterocycles. The molecule has 0 aliphatic rings. The first-order valence-corrected chi connectivity index (χ1v) is 4.78. The van der Waals surface area contributed by atoms with E-state index in [0.717, 1.165) is 0 Å². The molecule has 0 amide bonds. The lowest BCUT2D eigenvalue weighted by Crippen LogP contribution is -2.17. The molecule has 0 atom stereocenters. The van der Waals surface area contributed by atoms with Gasteiger partial charge in [0.2, 0.25) is 0 Å². The molecule has 0 spiro atoms. The SMILES string of the molecule is Cc1cc(Cl)c(O)c(C(C)(C)C#N)c1F. The van der Waals surface area contributed by atoms with E-state index < -0.39 is 11.2 Å². The molecule has 0 fully saturated rings. The summed E-state index contributed by atoms with van der Waals surface area (Å²) in [6.07, 6.45) is 0. The monoisotopic (exact) mass is 227 g/mol. The van der Waals surface area contributed by atoms with Gasteiger partial charge in [-0.1, -0.05) is 11.6 Å². The maximum absolute atomic E-state index is 13.8. The maximum Gasteiger partial charge on any atom is 0.141 e. The van der Waals surface area contributed by atoms with Gasteiger partial charge in [0.1, 0.15) is 11.6 Å². The quantitative estimate of drug-likeness (QED) is 0.800. The number of aromatic hydroxyl groups is 1. The molecule has 1 aromatic rings. The molecule has 80 valence electrons. The molecule has 1 aromatic carbocycles. The summed E-state index contributed by atoms with van der Waals surface area (Å²) in [5, 5.41) is 18.6. The highest BCUT2D eigenvalue weighted by atomic mass is 35.5. The minimum atomic E-state index is -1.11. The molecule has 0 radical (unpaired) electrons. The number of aryl methyl sites for hydroxylation is 1. The second-order valence-corrected chi connectivity index (χ2v) is 4.36. The number of nitriles is 1. The fraction of sp³-hybridized carbons (Fsp3) is 0.364. The molecule has 2 nitrogen and oxygen atoms in total. The highest BCUT2D eigenvalue weighted by molar-refractivity contribution is 6.32. The van der Waals surface area contributed by atoms with E-state index in [1.165, 1.54) is 26.8 Å². The summed E-state index contributed by atoms with van der Waals surface area (Å²) in [6.45, 7) is 4.60. The van der Waals surface area contributed by atoms with Gasteiger partial charge in [0.25, 0.3) is 0 Å². The van der Waals surface area contributed by atoms with Crippen LogP contribution >= 0.6 is 11.6 Å². The van der Waals surface area contributed by atoms with Crippen LogP contribution in [0.3, 0.4) is 0 Å². The van der Waals surface area contributed by atoms with Crippen LogP contribution in [0, 0.1) is 24.1 Å². The first-order chi connectivity index (χ1) is 6.81. The molecule has 4 heteroatoms. The zero-order valence-corrected chi connectivity index (χ0v) is 9.48. The standard InChI is InChI=1S/C11H11ClFNO/c1-6-4-7(12)10(15)8(9(6)13)11(2,3)5-14/h4,15H,1-3H3. The Morgan fingerprint density at radius 3 is 2.53 bits per heavy atom. The Hall–Kier alpha value is -1.27. The lowest BCUT2D eigenvalue weighted by molar-refractivity contribution is 0.441. The normalized spacial score (nSPS) is 11.2. The molecule has 0 bridgehead atoms. The number of halogens is 2. The summed E-state index contributed by atoms with van der Waals surface area (Å²) in [5.74, 6) is -0.935. The summed E-state index contributed by atoms with van der Waals surface area (Å²) in [5.41, 5.74) is -0.838. The van der Waals surface area contributed by atoms with Crippen molar-refractivity contribution in [3.63, 3.8) is 0 Å². The average molecular weight is 228 g/mol. The molecule has 0 heterocycles. The van der Waals surface area contributed by atoms with Gasteiger partial charge in [-0.3, -0.25) is 0 Å². The van der Waals surface area contributed by atoms with Crippen LogP contribution in [0.2, 0.25) is 5.02 Å². The number of phenols is 1. The lowest BCUT2D eigenvalue weighted by atomic mass is 9.84. The Morgan fingerprint density at radius 2 is 2.07 bits per heavy atom. The van der Waals surface area contributed by atoms with Crippen LogP contribution in [0.25, 0.3) is 0 Å². The van der Waals surface area contributed by atoms with Gasteiger partial charge >= 0.3 is 0 Å². The van der Waals surface area contributed by atoms with Crippen LogP contribution in [0.4, 0.5) is 4.39 Å². The average Bonchev–Trinajstić information content (AvgIpc) is 2.15. The molecule has 0 unspecified atom stereocenters. The van der Waals surface area contributed by atoms with E-state index in [1.54, 1.807) is 0 Å². The highest BCUT2D eigenvalue weighted by Crippen LogP contribution is 2.39. The molecule has 1 rings (SSSR count). The summed E-state index contributed by atoms with van der Waals surface area (Å²) < 4.78 is 13.8. The van der Waals surface area contributed by atoms with E-state index in [2.05, 4.69) is 0 Å². The first-order valence-electron chi connectivity index (χ1n) is 4.40. The highest BCUT2D eigenvalue weighted by Gasteiger charge is 2.29. The number of nitrogens with zero attached hydrogens (tertiary/aromatic N) is 1. The van der Waals surface area contributed by atoms with Crippen LogP contribution in [0.15, 0.2) is 6.07 Å². The predicted molar refractivity (Wildman–Crippen MR) is 56.5 cm³/mol. The maximum atomic E-state index is 13.8. The minimum Gasteiger partial charge on any atom is -0.506 e. The molecular formula is C11H11ClFNO. The number of rotatable bonds is 1. The fourth-order valence-corrected chi connectivity index (χ4v) is 1.63. The van der Waals surface area contributed by atoms with Gasteiger partial charge in [-0.2, -0.15) is 5.26 Å². The van der Waals surface area contributed by atoms with Crippen molar-refractivity contribution in [2.75, 3.05) is 0 Å². The van der Waals surface area contributed by atoms with Gasteiger partial charge in [0, 0.05) is 0 Å². The van der Waals surface area contributed by atoms with Gasteiger partial charge in [-0.25, -0.2) is 4.39 Å². The van der Waals surface area contributed by atoms with Crippen molar-refractivity contribution in [3.8, 4) is 11.8 Å². The van der Waals surface area contributed by atoms with Crippen molar-refractivity contribution < 1.29 is 9.50 Å². The van der Waals surface area contributed by atoms with Gasteiger partial charge in [0.05, 0.1) is 22.1 Å². The van der Waals surface area contributed by atoms with Gasteiger partial charge in [-0.15, -0.1) is 0 Å². The Kier molecular flexibility index (Phi) is 2.92. The zero-order valence-electron chi connectivity index (χ0n) is 8.73. The van der Waals surface area contributed by atoms with Gasteiger partial charge < -0.3 is 5.11 Å². The summed E-state index contributed by atoms with van der Waals surface area (Å²) in [7, 11) is 0. The topological polar surface area (TPSA) is 44.0 Å². The third kappa shape index (κ3) is 1.91. The third-order valence-corrected chi connectivity index (χ3v) is 2.56. The Balaban J connectivity index is 3.62. The Bertz CT molecular complexity index is 423. The Labute approximate surface area is 92.9 Å². The second kappa shape index (κ2) is 3.71. The summed E-state index contributed by atoms with van der Waals surface area (Å²) in [6, 6.07) is 3.27.